The van der Waals surface area contributed by atoms with Crippen LogP contribution in [0.3, 0.4) is 0 Å². The van der Waals surface area contributed by atoms with E-state index in [4.69, 9.17) is 0 Å². The first-order valence-corrected chi connectivity index (χ1v) is 17.2. The average Bonchev–Trinajstić information content (AvgIpc) is 3.75. The molecular formula is C31H30F4N6O3S2. The molecule has 2 fully saturated rings. The second-order valence-electron chi connectivity index (χ2n) is 12.5. The number of alkyl halides is 3. The fraction of sp³-hybridized carbons (Fsp3) is 0.419. The van der Waals surface area contributed by atoms with Crippen LogP contribution in [0.2, 0.25) is 0 Å². The molecule has 0 saturated heterocycles. The minimum Gasteiger partial charge on any atom is -0.290 e. The number of aryl methyl sites for hydroxylation is 1. The van der Waals surface area contributed by atoms with Crippen molar-refractivity contribution in [1.82, 2.24) is 28.9 Å². The van der Waals surface area contributed by atoms with Gasteiger partial charge in [0.05, 0.1) is 29.2 Å². The Kier molecular flexibility index (Phi) is 7.36. The highest BCUT2D eigenvalue weighted by Crippen LogP contribution is 2.53. The summed E-state index contributed by atoms with van der Waals surface area (Å²) >= 11 is 0.300. The summed E-state index contributed by atoms with van der Waals surface area (Å²) < 4.78 is 87.3. The Morgan fingerprint density at radius 1 is 1.11 bits per heavy atom. The number of rotatable bonds is 7. The normalized spacial score (nSPS) is 24.7. The summed E-state index contributed by atoms with van der Waals surface area (Å²) in [4.78, 5) is 17.4. The predicted octanol–water partition coefficient (Wildman–Crippen LogP) is 6.07. The van der Waals surface area contributed by atoms with Gasteiger partial charge in [0.1, 0.15) is 10.7 Å². The van der Waals surface area contributed by atoms with Crippen molar-refractivity contribution in [2.75, 3.05) is 0 Å². The number of Topliss-reactive ketones (excluding diaryl/α,β-unsaturated/α-hetero) is 1. The summed E-state index contributed by atoms with van der Waals surface area (Å²) in [5, 5.41) is 8.34. The number of carbonyl (C=O) groups excluding carboxylic acids is 1. The molecule has 4 aromatic rings. The van der Waals surface area contributed by atoms with Crippen LogP contribution in [0.15, 0.2) is 59.5 Å². The Hall–Kier alpha value is -3.69. The molecule has 46 heavy (non-hydrogen) atoms. The number of ketones is 1. The molecule has 3 aliphatic carbocycles. The van der Waals surface area contributed by atoms with E-state index in [1.165, 1.54) is 27.2 Å². The zero-order valence-electron chi connectivity index (χ0n) is 24.9. The average molecular weight is 675 g/mol. The van der Waals surface area contributed by atoms with E-state index in [-0.39, 0.29) is 28.9 Å². The van der Waals surface area contributed by atoms with Crippen molar-refractivity contribution < 1.29 is 30.8 Å². The summed E-state index contributed by atoms with van der Waals surface area (Å²) in [5.74, 6) is -0.646. The second kappa shape index (κ2) is 10.9. The number of hydrogen-bond donors (Lipinski definition) is 0. The van der Waals surface area contributed by atoms with Gasteiger partial charge in [-0.2, -0.15) is 27.7 Å². The fourth-order valence-corrected chi connectivity index (χ4v) is 9.84. The first-order valence-electron chi connectivity index (χ1n) is 14.9. The van der Waals surface area contributed by atoms with E-state index in [9.17, 15) is 30.8 Å². The van der Waals surface area contributed by atoms with E-state index in [2.05, 4.69) is 22.1 Å². The molecule has 3 aromatic heterocycles. The van der Waals surface area contributed by atoms with E-state index >= 15 is 0 Å². The zero-order valence-corrected chi connectivity index (χ0v) is 26.5. The minimum atomic E-state index is -4.66. The highest BCUT2D eigenvalue weighted by atomic mass is 32.2. The van der Waals surface area contributed by atoms with Gasteiger partial charge in [-0.25, -0.2) is 22.5 Å². The smallest absolute Gasteiger partial charge is 0.290 e. The quantitative estimate of drug-likeness (QED) is 0.174. The lowest BCUT2D eigenvalue weighted by atomic mass is 9.60. The van der Waals surface area contributed by atoms with Crippen LogP contribution in [-0.4, -0.2) is 55.1 Å². The molecule has 2 saturated carbocycles. The largest absolute Gasteiger partial charge is 0.427 e. The van der Waals surface area contributed by atoms with Crippen molar-refractivity contribution in [2.24, 2.45) is 18.4 Å². The number of benzene rings is 1. The molecule has 0 aliphatic heterocycles. The van der Waals surface area contributed by atoms with Crippen molar-refractivity contribution in [3.63, 3.8) is 0 Å². The summed E-state index contributed by atoms with van der Waals surface area (Å²) in [6.07, 6.45) is 3.23. The van der Waals surface area contributed by atoms with Crippen LogP contribution in [0.5, 0.6) is 0 Å². The monoisotopic (exact) mass is 674 g/mol. The third kappa shape index (κ3) is 5.12. The molecule has 3 heterocycles. The number of nitrogens with zero attached hydrogens (tertiary/aromatic N) is 6. The molecule has 0 amide bonds. The number of sulfonamides is 1. The van der Waals surface area contributed by atoms with Crippen molar-refractivity contribution >= 4 is 33.2 Å². The molecule has 0 spiro atoms. The SMILES string of the molecule is CC1CC(N([C@H]2CCC3=Cc4c(cnn4-c4ccc(F)cc4)C[C@]3(C(=O)c3ncc(C(F)(F)F)s3)C2)S(=O)(=O)c2ccn(C)n2)C1. The highest BCUT2D eigenvalue weighted by molar-refractivity contribution is 7.89. The maximum Gasteiger partial charge on any atom is 0.427 e. The van der Waals surface area contributed by atoms with Gasteiger partial charge in [-0.1, -0.05) is 12.5 Å². The molecular weight excluding hydrogens is 645 g/mol. The predicted molar refractivity (Wildman–Crippen MR) is 161 cm³/mol. The maximum atomic E-state index is 14.5. The Balaban J connectivity index is 1.33. The molecule has 2 atom stereocenters. The van der Waals surface area contributed by atoms with Gasteiger partial charge in [0.15, 0.2) is 10.0 Å². The van der Waals surface area contributed by atoms with Crippen LogP contribution in [-0.2, 0) is 29.7 Å². The van der Waals surface area contributed by atoms with Gasteiger partial charge in [-0.3, -0.25) is 9.48 Å². The molecule has 1 aromatic carbocycles. The van der Waals surface area contributed by atoms with Gasteiger partial charge >= 0.3 is 6.18 Å². The standard InChI is InChI=1S/C31H30F4N6O3S2/c1-18-11-24(12-18)41(46(43,44)27-9-10-39(2)38-27)23-6-3-20-13-25-19(16-37-40(25)22-7-4-21(32)5-8-22)14-30(20,15-23)28(42)29-36-17-26(45-29)31(33,34)35/h4-5,7-10,13,16-18,23-24H,3,6,11-12,14-15H2,1-2H3/t18?,23-,24?,30-/m0/s1. The van der Waals surface area contributed by atoms with Crippen LogP contribution in [0.1, 0.15) is 65.0 Å². The molecule has 15 heteroatoms. The summed E-state index contributed by atoms with van der Waals surface area (Å²) in [7, 11) is -2.43. The maximum absolute atomic E-state index is 14.5. The van der Waals surface area contributed by atoms with Crippen molar-refractivity contribution in [3.05, 3.63) is 81.5 Å². The van der Waals surface area contributed by atoms with Gasteiger partial charge in [-0.15, -0.1) is 11.3 Å². The number of carbonyl (C=O) groups is 1. The number of thiazole rings is 1. The van der Waals surface area contributed by atoms with Crippen LogP contribution < -0.4 is 0 Å². The first-order chi connectivity index (χ1) is 21.8. The highest BCUT2D eigenvalue weighted by Gasteiger charge is 2.54. The number of hydrogen-bond acceptors (Lipinski definition) is 7. The van der Waals surface area contributed by atoms with Crippen molar-refractivity contribution in [2.45, 2.75) is 68.7 Å². The van der Waals surface area contributed by atoms with Crippen molar-refractivity contribution in [3.8, 4) is 5.69 Å². The third-order valence-electron chi connectivity index (χ3n) is 9.42. The zero-order chi connectivity index (χ0) is 32.6. The lowest BCUT2D eigenvalue weighted by Gasteiger charge is -2.50. The summed E-state index contributed by atoms with van der Waals surface area (Å²) in [5.41, 5.74) is 1.30. The molecule has 242 valence electrons. The van der Waals surface area contributed by atoms with Gasteiger partial charge in [0.25, 0.3) is 10.0 Å². The van der Waals surface area contributed by atoms with Gasteiger partial charge in [0.2, 0.25) is 5.78 Å². The topological polar surface area (TPSA) is 103 Å². The lowest BCUT2D eigenvalue weighted by Crippen LogP contribution is -2.56. The molecule has 0 unspecified atom stereocenters. The van der Waals surface area contributed by atoms with Crippen LogP contribution >= 0.6 is 11.3 Å². The van der Waals surface area contributed by atoms with E-state index in [1.807, 2.05) is 6.08 Å². The van der Waals surface area contributed by atoms with Gasteiger partial charge in [-0.05, 0) is 86.4 Å². The fourth-order valence-electron chi connectivity index (χ4n) is 7.20. The summed E-state index contributed by atoms with van der Waals surface area (Å²) in [6.45, 7) is 2.05. The Morgan fingerprint density at radius 2 is 1.85 bits per heavy atom. The number of allylic oxidation sites excluding steroid dienone is 1. The number of aromatic nitrogens is 5. The van der Waals surface area contributed by atoms with Gasteiger partial charge < -0.3 is 0 Å². The van der Waals surface area contributed by atoms with E-state index in [1.54, 1.807) is 36.3 Å². The van der Waals surface area contributed by atoms with Crippen LogP contribution in [0.4, 0.5) is 17.6 Å². The first kappa shape index (κ1) is 30.9. The van der Waals surface area contributed by atoms with Crippen molar-refractivity contribution in [1.29, 1.82) is 0 Å². The van der Waals surface area contributed by atoms with E-state index < -0.39 is 44.1 Å². The van der Waals surface area contributed by atoms with Crippen LogP contribution in [0.25, 0.3) is 11.8 Å². The molecule has 7 rings (SSSR count). The molecule has 9 nitrogen and oxygen atoms in total. The van der Waals surface area contributed by atoms with E-state index in [0.717, 1.165) is 0 Å². The summed E-state index contributed by atoms with van der Waals surface area (Å²) in [6, 6.07) is 6.35. The number of fused-ring (bicyclic) bond motifs is 2. The minimum absolute atomic E-state index is 0.0662. The lowest BCUT2D eigenvalue weighted by molar-refractivity contribution is -0.134. The van der Waals surface area contributed by atoms with E-state index in [0.29, 0.717) is 71.7 Å². The second-order valence-corrected chi connectivity index (χ2v) is 15.3. The Bertz CT molecular complexity index is 1960. The Morgan fingerprint density at radius 3 is 2.48 bits per heavy atom. The molecule has 0 radical (unpaired) electrons. The molecule has 0 N–H and O–H groups in total. The molecule has 3 aliphatic rings. The Labute approximate surface area is 266 Å². The molecule has 0 bridgehead atoms. The van der Waals surface area contributed by atoms with Crippen LogP contribution in [0, 0.1) is 17.2 Å². The third-order valence-corrected chi connectivity index (χ3v) is 12.4. The number of halogens is 4. The van der Waals surface area contributed by atoms with Gasteiger partial charge in [0, 0.05) is 25.3 Å².